The third-order valence-electron chi connectivity index (χ3n) is 5.27. The zero-order chi connectivity index (χ0) is 20.2. The average molecular weight is 395 g/mol. The molecule has 152 valence electrons. The molecular formula is C21H25N5O3. The zero-order valence-corrected chi connectivity index (χ0v) is 16.9. The Balaban J connectivity index is 1.82. The molecule has 0 amide bonds. The van der Waals surface area contributed by atoms with Crippen LogP contribution in [-0.4, -0.2) is 54.7 Å². The van der Waals surface area contributed by atoms with E-state index < -0.39 is 0 Å². The normalized spacial score (nSPS) is 14.0. The number of aromatic nitrogens is 4. The van der Waals surface area contributed by atoms with Crippen LogP contribution in [0.25, 0.3) is 0 Å². The molecule has 0 saturated carbocycles. The molecule has 0 fully saturated rings. The molecule has 1 atom stereocenters. The predicted molar refractivity (Wildman–Crippen MR) is 109 cm³/mol. The number of hydrogen-bond donors (Lipinski definition) is 0. The fraction of sp³-hybridized carbons (Fsp3) is 0.381. The van der Waals surface area contributed by atoms with Crippen molar-refractivity contribution in [2.24, 2.45) is 0 Å². The topological polar surface area (TPSA) is 74.5 Å². The van der Waals surface area contributed by atoms with Gasteiger partial charge in [0, 0.05) is 19.3 Å². The molecule has 4 rings (SSSR count). The SMILES string of the molecule is COCCn1nnnc1[C@@H](c1ccc(OC)c(OC)c1)N1CCc2ccccc21. The Bertz CT molecular complexity index is 974. The number of anilines is 1. The molecule has 0 unspecified atom stereocenters. The van der Waals surface area contributed by atoms with Gasteiger partial charge < -0.3 is 19.1 Å². The second-order valence-corrected chi connectivity index (χ2v) is 6.84. The highest BCUT2D eigenvalue weighted by atomic mass is 16.5. The molecular weight excluding hydrogens is 370 g/mol. The maximum absolute atomic E-state index is 5.55. The van der Waals surface area contributed by atoms with E-state index in [0.29, 0.717) is 24.7 Å². The predicted octanol–water partition coefficient (Wildman–Crippen LogP) is 2.49. The van der Waals surface area contributed by atoms with E-state index >= 15 is 0 Å². The van der Waals surface area contributed by atoms with Crippen LogP contribution in [0.1, 0.15) is 23.0 Å². The van der Waals surface area contributed by atoms with Crippen LogP contribution in [0.2, 0.25) is 0 Å². The van der Waals surface area contributed by atoms with Crippen LogP contribution in [0.5, 0.6) is 11.5 Å². The molecule has 8 nitrogen and oxygen atoms in total. The summed E-state index contributed by atoms with van der Waals surface area (Å²) >= 11 is 0. The van der Waals surface area contributed by atoms with Gasteiger partial charge in [0.15, 0.2) is 17.3 Å². The second-order valence-electron chi connectivity index (χ2n) is 6.84. The molecule has 3 aromatic rings. The van der Waals surface area contributed by atoms with E-state index in [1.807, 2.05) is 22.9 Å². The molecule has 1 aliphatic rings. The van der Waals surface area contributed by atoms with Crippen LogP contribution in [0.15, 0.2) is 42.5 Å². The molecule has 0 radical (unpaired) electrons. The van der Waals surface area contributed by atoms with Crippen LogP contribution in [0.4, 0.5) is 5.69 Å². The zero-order valence-electron chi connectivity index (χ0n) is 16.9. The highest BCUT2D eigenvalue weighted by molar-refractivity contribution is 5.61. The van der Waals surface area contributed by atoms with Crippen molar-refractivity contribution in [1.82, 2.24) is 20.2 Å². The quantitative estimate of drug-likeness (QED) is 0.580. The summed E-state index contributed by atoms with van der Waals surface area (Å²) in [5, 5.41) is 12.5. The van der Waals surface area contributed by atoms with Crippen LogP contribution in [0.3, 0.4) is 0 Å². The van der Waals surface area contributed by atoms with Crippen molar-refractivity contribution in [3.8, 4) is 11.5 Å². The molecule has 0 aliphatic carbocycles. The highest BCUT2D eigenvalue weighted by Gasteiger charge is 2.32. The summed E-state index contributed by atoms with van der Waals surface area (Å²) in [5.41, 5.74) is 3.57. The Kier molecular flexibility index (Phi) is 5.62. The summed E-state index contributed by atoms with van der Waals surface area (Å²) < 4.78 is 18.0. The number of tetrazole rings is 1. The number of benzene rings is 2. The highest BCUT2D eigenvalue weighted by Crippen LogP contribution is 2.40. The molecule has 2 heterocycles. The number of nitrogens with zero attached hydrogens (tertiary/aromatic N) is 5. The molecule has 0 spiro atoms. The van der Waals surface area contributed by atoms with E-state index in [4.69, 9.17) is 14.2 Å². The number of fused-ring (bicyclic) bond motifs is 1. The van der Waals surface area contributed by atoms with Crippen LogP contribution in [-0.2, 0) is 17.7 Å². The van der Waals surface area contributed by atoms with Crippen molar-refractivity contribution in [1.29, 1.82) is 0 Å². The van der Waals surface area contributed by atoms with Gasteiger partial charge in [-0.2, -0.15) is 0 Å². The Morgan fingerprint density at radius 1 is 1.03 bits per heavy atom. The number of ether oxygens (including phenoxy) is 3. The molecule has 29 heavy (non-hydrogen) atoms. The lowest BCUT2D eigenvalue weighted by molar-refractivity contribution is 0.181. The third kappa shape index (κ3) is 3.63. The summed E-state index contributed by atoms with van der Waals surface area (Å²) in [6.45, 7) is 2.00. The van der Waals surface area contributed by atoms with E-state index in [-0.39, 0.29) is 6.04 Å². The lowest BCUT2D eigenvalue weighted by Crippen LogP contribution is -2.31. The van der Waals surface area contributed by atoms with Gasteiger partial charge in [0.25, 0.3) is 0 Å². The van der Waals surface area contributed by atoms with Crippen LogP contribution in [0, 0.1) is 0 Å². The van der Waals surface area contributed by atoms with Gasteiger partial charge >= 0.3 is 0 Å². The minimum Gasteiger partial charge on any atom is -0.493 e. The van der Waals surface area contributed by atoms with Gasteiger partial charge in [-0.05, 0) is 46.2 Å². The van der Waals surface area contributed by atoms with E-state index in [1.54, 1.807) is 21.3 Å². The summed E-state index contributed by atoms with van der Waals surface area (Å²) in [6.07, 6.45) is 0.986. The first-order valence-corrected chi connectivity index (χ1v) is 9.58. The summed E-state index contributed by atoms with van der Waals surface area (Å²) in [7, 11) is 4.95. The van der Waals surface area contributed by atoms with Crippen molar-refractivity contribution in [2.45, 2.75) is 19.0 Å². The van der Waals surface area contributed by atoms with Gasteiger partial charge in [-0.3, -0.25) is 0 Å². The van der Waals surface area contributed by atoms with E-state index in [0.717, 1.165) is 24.4 Å². The third-order valence-corrected chi connectivity index (χ3v) is 5.27. The summed E-state index contributed by atoms with van der Waals surface area (Å²) in [6, 6.07) is 14.3. The van der Waals surface area contributed by atoms with E-state index in [9.17, 15) is 0 Å². The van der Waals surface area contributed by atoms with E-state index in [1.165, 1.54) is 11.3 Å². The van der Waals surface area contributed by atoms with Crippen molar-refractivity contribution < 1.29 is 14.2 Å². The second kappa shape index (κ2) is 8.48. The van der Waals surface area contributed by atoms with Gasteiger partial charge in [-0.25, -0.2) is 4.68 Å². The smallest absolute Gasteiger partial charge is 0.178 e. The first-order chi connectivity index (χ1) is 14.3. The average Bonchev–Trinajstić information content (AvgIpc) is 3.40. The number of para-hydroxylation sites is 1. The monoisotopic (exact) mass is 395 g/mol. The largest absolute Gasteiger partial charge is 0.493 e. The standard InChI is InChI=1S/C21H25N5O3/c1-27-13-12-26-21(22-23-24-26)20(16-8-9-18(28-2)19(14-16)29-3)25-11-10-15-6-4-5-7-17(15)25/h4-9,14,20H,10-13H2,1-3H3/t20-/m1/s1. The van der Waals surface area contributed by atoms with Gasteiger partial charge in [0.1, 0.15) is 6.04 Å². The first kappa shape index (κ1) is 19.2. The Labute approximate surface area is 170 Å². The van der Waals surface area contributed by atoms with E-state index in [2.05, 4.69) is 44.7 Å². The number of rotatable bonds is 8. The van der Waals surface area contributed by atoms with Gasteiger partial charge in [0.2, 0.25) is 0 Å². The fourth-order valence-corrected chi connectivity index (χ4v) is 3.87. The molecule has 1 aromatic heterocycles. The first-order valence-electron chi connectivity index (χ1n) is 9.58. The Hall–Kier alpha value is -3.13. The number of methoxy groups -OCH3 is 3. The maximum Gasteiger partial charge on any atom is 0.178 e. The van der Waals surface area contributed by atoms with Crippen molar-refractivity contribution in [3.05, 3.63) is 59.4 Å². The molecule has 8 heteroatoms. The lowest BCUT2D eigenvalue weighted by Gasteiger charge is -2.30. The maximum atomic E-state index is 5.55. The van der Waals surface area contributed by atoms with Crippen LogP contribution >= 0.6 is 0 Å². The summed E-state index contributed by atoms with van der Waals surface area (Å²) in [5.74, 6) is 2.14. The van der Waals surface area contributed by atoms with Gasteiger partial charge in [-0.1, -0.05) is 24.3 Å². The van der Waals surface area contributed by atoms with Crippen molar-refractivity contribution in [3.63, 3.8) is 0 Å². The fourth-order valence-electron chi connectivity index (χ4n) is 3.87. The molecule has 1 aliphatic heterocycles. The van der Waals surface area contributed by atoms with Crippen molar-refractivity contribution in [2.75, 3.05) is 39.4 Å². The molecule has 0 saturated heterocycles. The lowest BCUT2D eigenvalue weighted by atomic mass is 10.0. The molecule has 0 N–H and O–H groups in total. The van der Waals surface area contributed by atoms with Crippen LogP contribution < -0.4 is 14.4 Å². The Morgan fingerprint density at radius 2 is 1.86 bits per heavy atom. The summed E-state index contributed by atoms with van der Waals surface area (Å²) in [4.78, 5) is 2.35. The molecule has 0 bridgehead atoms. The van der Waals surface area contributed by atoms with Gasteiger partial charge in [-0.15, -0.1) is 5.10 Å². The number of hydrogen-bond acceptors (Lipinski definition) is 7. The molecule has 2 aromatic carbocycles. The minimum absolute atomic E-state index is 0.162. The minimum atomic E-state index is -0.162. The Morgan fingerprint density at radius 3 is 2.66 bits per heavy atom. The van der Waals surface area contributed by atoms with Gasteiger partial charge in [0.05, 0.1) is 27.4 Å². The van der Waals surface area contributed by atoms with Crippen molar-refractivity contribution >= 4 is 5.69 Å².